The Morgan fingerprint density at radius 2 is 1.90 bits per heavy atom. The van der Waals surface area contributed by atoms with Gasteiger partial charge in [-0.2, -0.15) is 0 Å². The van der Waals surface area contributed by atoms with Crippen molar-refractivity contribution < 1.29 is 66.1 Å². The Labute approximate surface area is 169 Å². The number of thioether (sulfide) groups is 1. The molecule has 0 fully saturated rings. The molecule has 0 spiro atoms. The van der Waals surface area contributed by atoms with E-state index in [0.29, 0.717) is 16.9 Å². The molecule has 3 rings (SSSR count). The van der Waals surface area contributed by atoms with Gasteiger partial charge in [0.15, 0.2) is 5.78 Å². The molecule has 1 heterocycles. The van der Waals surface area contributed by atoms with Crippen molar-refractivity contribution >= 4 is 23.5 Å². The Kier molecular flexibility index (Phi) is 5.82. The number of carbonyl (C=O) groups excluding carboxylic acids is 2. The van der Waals surface area contributed by atoms with Crippen LogP contribution in [0.25, 0.3) is 0 Å². The average Bonchev–Trinajstić information content (AvgIpc) is 2.57. The Hall–Kier alpha value is -0.434. The third-order valence-corrected chi connectivity index (χ3v) is 4.39. The fraction of sp³-hybridized carbons (Fsp3) is 0.125. The van der Waals surface area contributed by atoms with Crippen molar-refractivity contribution in [3.63, 3.8) is 0 Å². The van der Waals surface area contributed by atoms with Crippen LogP contribution in [0.3, 0.4) is 0 Å². The number of carbonyl (C=O) groups is 2. The van der Waals surface area contributed by atoms with Gasteiger partial charge in [0, 0.05) is 34.2 Å². The molecule has 1 aliphatic rings. The first-order chi connectivity index (χ1) is 9.65. The number of hydrogen-bond acceptors (Lipinski definition) is 4. The molecule has 21 heavy (non-hydrogen) atoms. The van der Waals surface area contributed by atoms with Crippen molar-refractivity contribution in [1.82, 2.24) is 0 Å². The number of aliphatic carboxylic acids is 1. The van der Waals surface area contributed by atoms with Gasteiger partial charge in [-0.1, -0.05) is 30.3 Å². The maximum absolute atomic E-state index is 12.5. The summed E-state index contributed by atoms with van der Waals surface area (Å²) in [4.78, 5) is 24.0. The van der Waals surface area contributed by atoms with Crippen molar-refractivity contribution in [3.05, 3.63) is 64.7 Å². The van der Waals surface area contributed by atoms with Crippen LogP contribution in [0.4, 0.5) is 0 Å². The zero-order valence-electron chi connectivity index (χ0n) is 11.6. The normalized spacial score (nSPS) is 12.7. The molecule has 1 aliphatic heterocycles. The summed E-state index contributed by atoms with van der Waals surface area (Å²) in [7, 11) is 0. The second-order valence-corrected chi connectivity index (χ2v) is 5.67. The summed E-state index contributed by atoms with van der Waals surface area (Å²) in [5.74, 6) is -0.400. The van der Waals surface area contributed by atoms with Crippen molar-refractivity contribution in [2.45, 2.75) is 17.1 Å². The predicted octanol–water partition coefficient (Wildman–Crippen LogP) is -1.18. The monoisotopic (exact) mass is 322 g/mol. The van der Waals surface area contributed by atoms with Gasteiger partial charge in [-0.15, -0.1) is 11.8 Å². The first-order valence-electron chi connectivity index (χ1n) is 6.23. The SMILES string of the molecule is O=C([O-])Cc1ccc2c(c1)SCc1ccccc1C2=O.[K+]. The quantitative estimate of drug-likeness (QED) is 0.653. The molecule has 0 atom stereocenters. The predicted molar refractivity (Wildman–Crippen MR) is 74.6 cm³/mol. The van der Waals surface area contributed by atoms with Crippen LogP contribution >= 0.6 is 11.8 Å². The van der Waals surface area contributed by atoms with E-state index >= 15 is 0 Å². The third kappa shape index (κ3) is 3.67. The number of fused-ring (bicyclic) bond motifs is 2. The summed E-state index contributed by atoms with van der Waals surface area (Å²) >= 11 is 1.56. The molecule has 5 heteroatoms. The van der Waals surface area contributed by atoms with E-state index in [1.807, 2.05) is 24.3 Å². The summed E-state index contributed by atoms with van der Waals surface area (Å²) in [6.07, 6.45) is -0.130. The topological polar surface area (TPSA) is 57.2 Å². The number of benzene rings is 2. The molecular formula is C16H11KO3S. The largest absolute Gasteiger partial charge is 1.00 e. The maximum Gasteiger partial charge on any atom is 1.00 e. The van der Waals surface area contributed by atoms with Gasteiger partial charge in [0.05, 0.1) is 0 Å². The van der Waals surface area contributed by atoms with Crippen LogP contribution in [0.5, 0.6) is 0 Å². The smallest absolute Gasteiger partial charge is 0.550 e. The maximum atomic E-state index is 12.5. The van der Waals surface area contributed by atoms with Crippen molar-refractivity contribution in [2.24, 2.45) is 0 Å². The van der Waals surface area contributed by atoms with Gasteiger partial charge in [-0.25, -0.2) is 0 Å². The number of carboxylic acids is 1. The van der Waals surface area contributed by atoms with Crippen molar-refractivity contribution in [3.8, 4) is 0 Å². The first-order valence-corrected chi connectivity index (χ1v) is 7.22. The molecule has 0 aliphatic carbocycles. The Bertz CT molecular complexity index is 712. The Balaban J connectivity index is 0.00000161. The molecule has 0 unspecified atom stereocenters. The van der Waals surface area contributed by atoms with E-state index in [1.165, 1.54) is 0 Å². The van der Waals surface area contributed by atoms with Crippen LogP contribution in [0.1, 0.15) is 27.0 Å². The molecule has 2 aromatic carbocycles. The van der Waals surface area contributed by atoms with Crippen molar-refractivity contribution in [2.75, 3.05) is 0 Å². The molecule has 0 N–H and O–H groups in total. The van der Waals surface area contributed by atoms with Crippen LogP contribution < -0.4 is 56.5 Å². The van der Waals surface area contributed by atoms with E-state index in [4.69, 9.17) is 0 Å². The van der Waals surface area contributed by atoms with Gasteiger partial charge >= 0.3 is 51.4 Å². The van der Waals surface area contributed by atoms with E-state index in [1.54, 1.807) is 30.0 Å². The van der Waals surface area contributed by atoms with E-state index in [-0.39, 0.29) is 63.6 Å². The van der Waals surface area contributed by atoms with Gasteiger partial charge in [-0.3, -0.25) is 4.79 Å². The molecule has 0 saturated carbocycles. The fourth-order valence-corrected chi connectivity index (χ4v) is 3.43. The number of carboxylic acid groups (broad SMARTS) is 1. The molecule has 0 aromatic heterocycles. The minimum absolute atomic E-state index is 0. The minimum Gasteiger partial charge on any atom is -0.550 e. The van der Waals surface area contributed by atoms with Gasteiger partial charge in [0.2, 0.25) is 0 Å². The summed E-state index contributed by atoms with van der Waals surface area (Å²) in [5, 5.41) is 10.7. The average molecular weight is 322 g/mol. The van der Waals surface area contributed by atoms with Gasteiger partial charge < -0.3 is 9.90 Å². The second kappa shape index (κ2) is 7.22. The zero-order chi connectivity index (χ0) is 14.1. The molecule has 0 saturated heterocycles. The van der Waals surface area contributed by atoms with E-state index in [0.717, 1.165) is 16.0 Å². The zero-order valence-corrected chi connectivity index (χ0v) is 15.5. The molecule has 0 amide bonds. The number of rotatable bonds is 2. The van der Waals surface area contributed by atoms with Crippen LogP contribution in [0.2, 0.25) is 0 Å². The fourth-order valence-electron chi connectivity index (χ4n) is 2.32. The molecule has 0 radical (unpaired) electrons. The molecule has 0 bridgehead atoms. The minimum atomic E-state index is -1.11. The number of ketones is 1. The summed E-state index contributed by atoms with van der Waals surface area (Å²) < 4.78 is 0. The van der Waals surface area contributed by atoms with Gasteiger partial charge in [-0.05, 0) is 23.3 Å². The molecule has 100 valence electrons. The van der Waals surface area contributed by atoms with Crippen molar-refractivity contribution in [1.29, 1.82) is 0 Å². The first kappa shape index (κ1) is 16.9. The van der Waals surface area contributed by atoms with Crippen LogP contribution in [-0.4, -0.2) is 11.8 Å². The second-order valence-electron chi connectivity index (χ2n) is 4.65. The van der Waals surface area contributed by atoms with E-state index in [2.05, 4.69) is 0 Å². The standard InChI is InChI=1S/C16H12O3S.K/c17-15(18)8-10-5-6-13-14(7-10)20-9-11-3-1-2-4-12(11)16(13)19;/h1-7H,8-9H2,(H,17,18);/q;+1/p-1. The number of hydrogen-bond donors (Lipinski definition) is 0. The van der Waals surface area contributed by atoms with Crippen LogP contribution in [-0.2, 0) is 17.0 Å². The van der Waals surface area contributed by atoms with Crippen LogP contribution in [0, 0.1) is 0 Å². The molecular weight excluding hydrogens is 311 g/mol. The van der Waals surface area contributed by atoms with Gasteiger partial charge in [0.25, 0.3) is 0 Å². The Morgan fingerprint density at radius 1 is 1.14 bits per heavy atom. The molecule has 3 nitrogen and oxygen atoms in total. The summed E-state index contributed by atoms with van der Waals surface area (Å²) in [6.45, 7) is 0. The van der Waals surface area contributed by atoms with Gasteiger partial charge in [0.1, 0.15) is 0 Å². The summed E-state index contributed by atoms with van der Waals surface area (Å²) in [5.41, 5.74) is 3.05. The van der Waals surface area contributed by atoms with E-state index < -0.39 is 5.97 Å². The van der Waals surface area contributed by atoms with E-state index in [9.17, 15) is 14.7 Å². The summed E-state index contributed by atoms with van der Waals surface area (Å²) in [6, 6.07) is 12.7. The third-order valence-electron chi connectivity index (χ3n) is 3.28. The van der Waals surface area contributed by atoms with Crippen LogP contribution in [0.15, 0.2) is 47.4 Å². The Morgan fingerprint density at radius 3 is 2.67 bits per heavy atom. The molecule has 2 aromatic rings.